The van der Waals surface area contributed by atoms with Crippen LogP contribution in [0.1, 0.15) is 19.8 Å². The highest BCUT2D eigenvalue weighted by molar-refractivity contribution is 5.74. The fourth-order valence-corrected chi connectivity index (χ4v) is 3.97. The lowest BCUT2D eigenvalue weighted by atomic mass is 10.00. The first-order valence-corrected chi connectivity index (χ1v) is 10.8. The lowest BCUT2D eigenvalue weighted by Gasteiger charge is -2.31. The number of aliphatic hydroxyl groups excluding tert-OH is 1. The van der Waals surface area contributed by atoms with Crippen LogP contribution in [0.2, 0.25) is 0 Å². The van der Waals surface area contributed by atoms with Crippen LogP contribution >= 0.6 is 0 Å². The van der Waals surface area contributed by atoms with Crippen molar-refractivity contribution in [2.24, 2.45) is 13.0 Å². The first kappa shape index (κ1) is 21.9. The molecule has 1 aromatic carbocycles. The summed E-state index contributed by atoms with van der Waals surface area (Å²) in [6.45, 7) is 3.96. The molecule has 1 aliphatic heterocycles. The number of piperidine rings is 1. The number of hydrogen-bond donors (Lipinski definition) is 2. The van der Waals surface area contributed by atoms with Crippen LogP contribution in [0, 0.1) is 5.92 Å². The first-order chi connectivity index (χ1) is 15.4. The summed E-state index contributed by atoms with van der Waals surface area (Å²) in [7, 11) is 3.16. The lowest BCUT2D eigenvalue weighted by Crippen LogP contribution is -2.36. The van der Waals surface area contributed by atoms with E-state index in [1.807, 2.05) is 0 Å². The smallest absolute Gasteiger partial charge is 0.329 e. The van der Waals surface area contributed by atoms with E-state index < -0.39 is 17.4 Å². The number of nitrogens with zero attached hydrogens (tertiary/aromatic N) is 4. The second kappa shape index (κ2) is 9.07. The average molecular weight is 444 g/mol. The normalized spacial score (nSPS) is 15.8. The van der Waals surface area contributed by atoms with E-state index >= 15 is 0 Å². The minimum Gasteiger partial charge on any atom is -0.497 e. The van der Waals surface area contributed by atoms with Crippen molar-refractivity contribution in [1.82, 2.24) is 19.1 Å². The molecule has 4 rings (SSSR count). The summed E-state index contributed by atoms with van der Waals surface area (Å²) in [5.74, 6) is 2.53. The molecule has 1 atom stereocenters. The van der Waals surface area contributed by atoms with Gasteiger partial charge < -0.3 is 24.0 Å². The number of fused-ring (bicyclic) bond motifs is 1. The third-order valence-electron chi connectivity index (χ3n) is 5.95. The number of rotatable bonds is 7. The Morgan fingerprint density at radius 3 is 2.50 bits per heavy atom. The number of anilines is 1. The van der Waals surface area contributed by atoms with Gasteiger partial charge in [0.05, 0.1) is 13.7 Å². The van der Waals surface area contributed by atoms with Crippen molar-refractivity contribution in [2.45, 2.75) is 32.4 Å². The molecule has 2 aromatic heterocycles. The summed E-state index contributed by atoms with van der Waals surface area (Å²) in [4.78, 5) is 33.8. The predicted octanol–water partition coefficient (Wildman–Crippen LogP) is 1.11. The van der Waals surface area contributed by atoms with Gasteiger partial charge in [0.2, 0.25) is 5.95 Å². The summed E-state index contributed by atoms with van der Waals surface area (Å²) in [5, 5.41) is 10.7. The van der Waals surface area contributed by atoms with Crippen molar-refractivity contribution in [1.29, 1.82) is 0 Å². The molecule has 3 heterocycles. The number of aryl methyl sites for hydroxylation is 1. The number of aromatic nitrogens is 4. The summed E-state index contributed by atoms with van der Waals surface area (Å²) in [5.41, 5.74) is -0.468. The third kappa shape index (κ3) is 4.36. The van der Waals surface area contributed by atoms with Crippen LogP contribution in [0.4, 0.5) is 5.95 Å². The minimum atomic E-state index is -0.895. The van der Waals surface area contributed by atoms with Gasteiger partial charge in [-0.1, -0.05) is 6.92 Å². The van der Waals surface area contributed by atoms with Crippen LogP contribution in [-0.4, -0.2) is 57.1 Å². The number of nitrogens with one attached hydrogen (secondary N) is 1. The molecule has 2 N–H and O–H groups in total. The van der Waals surface area contributed by atoms with Gasteiger partial charge in [0, 0.05) is 20.1 Å². The van der Waals surface area contributed by atoms with Crippen molar-refractivity contribution in [3.8, 4) is 11.5 Å². The van der Waals surface area contributed by atoms with Gasteiger partial charge in [-0.25, -0.2) is 4.79 Å². The Bertz CT molecular complexity index is 1190. The number of H-pyrrole nitrogens is 1. The van der Waals surface area contributed by atoms with E-state index in [2.05, 4.69) is 21.8 Å². The Kier molecular flexibility index (Phi) is 6.22. The van der Waals surface area contributed by atoms with E-state index in [0.717, 1.165) is 25.9 Å². The highest BCUT2D eigenvalue weighted by atomic mass is 16.5. The standard InChI is InChI=1S/C22H29N5O5/c1-14-8-10-26(11-9-14)21-23-19-18(20(29)24-22(30)25(19)2)27(21)12-15(28)13-32-17-6-4-16(31-3)5-7-17/h4-7,14-15,28H,8-13H2,1-3H3,(H,24,29,30)/t15-/m0/s1. The van der Waals surface area contributed by atoms with Gasteiger partial charge in [-0.3, -0.25) is 14.3 Å². The van der Waals surface area contributed by atoms with Crippen LogP contribution in [0.15, 0.2) is 33.9 Å². The number of aliphatic hydroxyl groups is 1. The van der Waals surface area contributed by atoms with Gasteiger partial charge >= 0.3 is 5.69 Å². The second-order valence-corrected chi connectivity index (χ2v) is 8.32. The monoisotopic (exact) mass is 443 g/mol. The molecule has 0 bridgehead atoms. The predicted molar refractivity (Wildman–Crippen MR) is 121 cm³/mol. The Labute approximate surface area is 185 Å². The van der Waals surface area contributed by atoms with E-state index in [1.165, 1.54) is 4.57 Å². The van der Waals surface area contributed by atoms with E-state index in [1.54, 1.807) is 43.0 Å². The third-order valence-corrected chi connectivity index (χ3v) is 5.95. The van der Waals surface area contributed by atoms with Crippen LogP contribution in [0.3, 0.4) is 0 Å². The quantitative estimate of drug-likeness (QED) is 0.562. The van der Waals surface area contributed by atoms with E-state index in [9.17, 15) is 14.7 Å². The Balaban J connectivity index is 1.62. The maximum atomic E-state index is 12.7. The summed E-state index contributed by atoms with van der Waals surface area (Å²) >= 11 is 0. The molecular weight excluding hydrogens is 414 g/mol. The SMILES string of the molecule is COc1ccc(OC[C@@H](O)Cn2c(N3CCC(C)CC3)nc3c2c(=O)[nH]c(=O)n3C)cc1. The summed E-state index contributed by atoms with van der Waals surface area (Å²) in [6.07, 6.45) is 1.14. The zero-order valence-corrected chi connectivity index (χ0v) is 18.6. The molecule has 0 amide bonds. The zero-order chi connectivity index (χ0) is 22.8. The summed E-state index contributed by atoms with van der Waals surface area (Å²) in [6, 6.07) is 7.08. The van der Waals surface area contributed by atoms with Gasteiger partial charge in [-0.05, 0) is 43.0 Å². The molecule has 0 spiro atoms. The average Bonchev–Trinajstić information content (AvgIpc) is 3.16. The number of hydrogen-bond acceptors (Lipinski definition) is 7. The fourth-order valence-electron chi connectivity index (χ4n) is 3.97. The number of benzene rings is 1. The van der Waals surface area contributed by atoms with E-state index in [0.29, 0.717) is 29.0 Å². The Hall–Kier alpha value is -3.27. The highest BCUT2D eigenvalue weighted by Gasteiger charge is 2.25. The molecule has 10 heteroatoms. The largest absolute Gasteiger partial charge is 0.497 e. The van der Waals surface area contributed by atoms with Crippen molar-refractivity contribution < 1.29 is 14.6 Å². The number of methoxy groups -OCH3 is 1. The maximum absolute atomic E-state index is 12.7. The van der Waals surface area contributed by atoms with Gasteiger partial charge in [0.25, 0.3) is 5.56 Å². The number of ether oxygens (including phenoxy) is 2. The zero-order valence-electron chi connectivity index (χ0n) is 18.6. The maximum Gasteiger partial charge on any atom is 0.329 e. The molecule has 3 aromatic rings. The molecule has 0 radical (unpaired) electrons. The van der Waals surface area contributed by atoms with Gasteiger partial charge in [-0.15, -0.1) is 0 Å². The Morgan fingerprint density at radius 2 is 1.84 bits per heavy atom. The van der Waals surface area contributed by atoms with E-state index in [4.69, 9.17) is 9.47 Å². The topological polar surface area (TPSA) is 115 Å². The molecule has 0 aliphatic carbocycles. The van der Waals surface area contributed by atoms with Gasteiger partial charge in [-0.2, -0.15) is 4.98 Å². The molecule has 10 nitrogen and oxygen atoms in total. The molecule has 172 valence electrons. The number of imidazole rings is 1. The molecule has 1 saturated heterocycles. The van der Waals surface area contributed by atoms with E-state index in [-0.39, 0.29) is 18.7 Å². The highest BCUT2D eigenvalue weighted by Crippen LogP contribution is 2.25. The molecule has 32 heavy (non-hydrogen) atoms. The van der Waals surface area contributed by atoms with Crippen LogP contribution in [0.25, 0.3) is 11.2 Å². The molecule has 1 aliphatic rings. The lowest BCUT2D eigenvalue weighted by molar-refractivity contribution is 0.0935. The molecule has 1 fully saturated rings. The number of aromatic amines is 1. The molecule has 0 saturated carbocycles. The minimum absolute atomic E-state index is 0.0339. The summed E-state index contributed by atoms with van der Waals surface area (Å²) < 4.78 is 13.9. The molecule has 0 unspecified atom stereocenters. The van der Waals surface area contributed by atoms with Gasteiger partial charge in [0.15, 0.2) is 11.2 Å². The second-order valence-electron chi connectivity index (χ2n) is 8.32. The van der Waals surface area contributed by atoms with Gasteiger partial charge in [0.1, 0.15) is 24.2 Å². The first-order valence-electron chi connectivity index (χ1n) is 10.8. The van der Waals surface area contributed by atoms with Crippen molar-refractivity contribution in [3.05, 3.63) is 45.1 Å². The van der Waals surface area contributed by atoms with Crippen molar-refractivity contribution in [2.75, 3.05) is 31.7 Å². The molecular formula is C22H29N5O5. The van der Waals surface area contributed by atoms with Crippen LogP contribution in [-0.2, 0) is 13.6 Å². The van der Waals surface area contributed by atoms with Crippen molar-refractivity contribution in [3.63, 3.8) is 0 Å². The van der Waals surface area contributed by atoms with Crippen LogP contribution < -0.4 is 25.6 Å². The van der Waals surface area contributed by atoms with Crippen molar-refractivity contribution >= 4 is 17.1 Å². The van der Waals surface area contributed by atoms with Crippen LogP contribution in [0.5, 0.6) is 11.5 Å². The fraction of sp³-hybridized carbons (Fsp3) is 0.500. The Morgan fingerprint density at radius 1 is 1.19 bits per heavy atom.